The van der Waals surface area contributed by atoms with Gasteiger partial charge in [0.05, 0.1) is 11.3 Å². The van der Waals surface area contributed by atoms with Crippen LogP contribution in [0.1, 0.15) is 21.5 Å². The van der Waals surface area contributed by atoms with E-state index in [9.17, 15) is 4.79 Å². The lowest BCUT2D eigenvalue weighted by molar-refractivity contribution is 0.104. The number of rotatable bonds is 3. The number of carbonyl (C=O) groups excluding carboxylic acids is 1. The number of nitrogens with zero attached hydrogens (tertiary/aromatic N) is 1. The molecule has 0 aliphatic rings. The fraction of sp³-hybridized carbons (Fsp3) is 0.0870. The Morgan fingerprint density at radius 1 is 0.840 bits per heavy atom. The van der Waals surface area contributed by atoms with Crippen LogP contribution in [0.5, 0.6) is 0 Å². The van der Waals surface area contributed by atoms with E-state index >= 15 is 0 Å². The summed E-state index contributed by atoms with van der Waals surface area (Å²) in [7, 11) is 2.03. The summed E-state index contributed by atoms with van der Waals surface area (Å²) < 4.78 is 2.13. The van der Waals surface area contributed by atoms with E-state index in [0.29, 0.717) is 5.56 Å². The molecule has 2 nitrogen and oxygen atoms in total. The average Bonchev–Trinajstić information content (AvgIpc) is 2.94. The van der Waals surface area contributed by atoms with Crippen molar-refractivity contribution in [2.45, 2.75) is 6.92 Å². The second-order valence-electron chi connectivity index (χ2n) is 6.36. The first-order valence-electron chi connectivity index (χ1n) is 8.41. The molecule has 0 saturated carbocycles. The van der Waals surface area contributed by atoms with Gasteiger partial charge in [-0.25, -0.2) is 0 Å². The van der Waals surface area contributed by atoms with Crippen LogP contribution in [-0.4, -0.2) is 10.4 Å². The van der Waals surface area contributed by atoms with Gasteiger partial charge in [0.1, 0.15) is 0 Å². The molecule has 0 N–H and O–H groups in total. The lowest BCUT2D eigenvalue weighted by Gasteiger charge is -2.08. The zero-order chi connectivity index (χ0) is 17.4. The van der Waals surface area contributed by atoms with Crippen LogP contribution in [0.2, 0.25) is 0 Å². The van der Waals surface area contributed by atoms with Crippen LogP contribution in [0, 0.1) is 6.92 Å². The van der Waals surface area contributed by atoms with Crippen LogP contribution in [0.15, 0.2) is 78.9 Å². The summed E-state index contributed by atoms with van der Waals surface area (Å²) in [5.41, 5.74) is 5.74. The molecule has 0 spiro atoms. The quantitative estimate of drug-likeness (QED) is 0.463. The van der Waals surface area contributed by atoms with Crippen molar-refractivity contribution in [2.24, 2.45) is 7.05 Å². The molecule has 0 atom stereocenters. The molecule has 0 amide bonds. The Kier molecular flexibility index (Phi) is 3.73. The van der Waals surface area contributed by atoms with E-state index < -0.39 is 0 Å². The number of hydrogen-bond acceptors (Lipinski definition) is 1. The molecule has 0 bridgehead atoms. The molecule has 3 aromatic carbocycles. The average molecular weight is 325 g/mol. The third kappa shape index (κ3) is 2.56. The van der Waals surface area contributed by atoms with Crippen molar-refractivity contribution in [3.63, 3.8) is 0 Å². The minimum atomic E-state index is 0.0654. The highest BCUT2D eigenvalue weighted by atomic mass is 16.1. The molecular weight excluding hydrogens is 306 g/mol. The predicted octanol–water partition coefficient (Wildman–Crippen LogP) is 5.38. The zero-order valence-electron chi connectivity index (χ0n) is 14.4. The summed E-state index contributed by atoms with van der Waals surface area (Å²) in [6, 6.07) is 25.9. The number of aryl methyl sites for hydroxylation is 2. The molecule has 4 rings (SSSR count). The smallest absolute Gasteiger partial charge is 0.195 e. The first kappa shape index (κ1) is 15.4. The van der Waals surface area contributed by atoms with E-state index in [-0.39, 0.29) is 5.78 Å². The Labute approximate surface area is 147 Å². The van der Waals surface area contributed by atoms with Crippen LogP contribution in [0.25, 0.3) is 22.2 Å². The van der Waals surface area contributed by atoms with Crippen LogP contribution in [-0.2, 0) is 7.05 Å². The molecule has 4 aromatic rings. The normalized spacial score (nSPS) is 11.0. The molecular formula is C23H19NO. The Bertz CT molecular complexity index is 1060. The monoisotopic (exact) mass is 325 g/mol. The van der Waals surface area contributed by atoms with Gasteiger partial charge in [-0.3, -0.25) is 4.79 Å². The SMILES string of the molecule is Cc1ccc2c(c1)c(C(=O)c1ccccc1)c(-c1ccccc1)n2C. The van der Waals surface area contributed by atoms with Gasteiger partial charge < -0.3 is 4.57 Å². The summed E-state index contributed by atoms with van der Waals surface area (Å²) in [4.78, 5) is 13.4. The molecule has 0 saturated heterocycles. The first-order valence-corrected chi connectivity index (χ1v) is 8.41. The van der Waals surface area contributed by atoms with Crippen molar-refractivity contribution < 1.29 is 4.79 Å². The molecule has 0 aliphatic carbocycles. The first-order chi connectivity index (χ1) is 12.2. The van der Waals surface area contributed by atoms with Crippen LogP contribution in [0.3, 0.4) is 0 Å². The third-order valence-corrected chi connectivity index (χ3v) is 4.67. The molecule has 1 aromatic heterocycles. The van der Waals surface area contributed by atoms with Crippen molar-refractivity contribution in [1.29, 1.82) is 0 Å². The lowest BCUT2D eigenvalue weighted by atomic mass is 9.96. The maximum Gasteiger partial charge on any atom is 0.195 e. The van der Waals surface area contributed by atoms with Gasteiger partial charge in [0.2, 0.25) is 0 Å². The summed E-state index contributed by atoms with van der Waals surface area (Å²) >= 11 is 0. The highest BCUT2D eigenvalue weighted by molar-refractivity contribution is 6.20. The summed E-state index contributed by atoms with van der Waals surface area (Å²) in [6.45, 7) is 2.06. The molecule has 25 heavy (non-hydrogen) atoms. The minimum Gasteiger partial charge on any atom is -0.343 e. The molecule has 0 aliphatic heterocycles. The van der Waals surface area contributed by atoms with E-state index in [0.717, 1.165) is 33.3 Å². The molecule has 0 fully saturated rings. The van der Waals surface area contributed by atoms with Crippen molar-refractivity contribution >= 4 is 16.7 Å². The summed E-state index contributed by atoms with van der Waals surface area (Å²) in [5.74, 6) is 0.0654. The van der Waals surface area contributed by atoms with E-state index in [2.05, 4.69) is 41.8 Å². The molecule has 1 heterocycles. The Morgan fingerprint density at radius 2 is 1.48 bits per heavy atom. The number of benzene rings is 3. The van der Waals surface area contributed by atoms with Crippen molar-refractivity contribution in [1.82, 2.24) is 4.57 Å². The number of hydrogen-bond donors (Lipinski definition) is 0. The minimum absolute atomic E-state index is 0.0654. The molecule has 0 unspecified atom stereocenters. The van der Waals surface area contributed by atoms with Gasteiger partial charge in [0.15, 0.2) is 5.78 Å². The largest absolute Gasteiger partial charge is 0.343 e. The predicted molar refractivity (Wildman–Crippen MR) is 103 cm³/mol. The van der Waals surface area contributed by atoms with Crippen LogP contribution in [0.4, 0.5) is 0 Å². The maximum absolute atomic E-state index is 13.4. The highest BCUT2D eigenvalue weighted by Crippen LogP contribution is 2.35. The Hall–Kier alpha value is -3.13. The van der Waals surface area contributed by atoms with Crippen molar-refractivity contribution in [2.75, 3.05) is 0 Å². The molecule has 0 radical (unpaired) electrons. The number of ketones is 1. The van der Waals surface area contributed by atoms with E-state index in [1.807, 2.05) is 55.6 Å². The van der Waals surface area contributed by atoms with Crippen molar-refractivity contribution in [3.8, 4) is 11.3 Å². The maximum atomic E-state index is 13.4. The van der Waals surface area contributed by atoms with Gasteiger partial charge in [0, 0.05) is 23.5 Å². The lowest BCUT2D eigenvalue weighted by Crippen LogP contribution is -2.03. The van der Waals surface area contributed by atoms with Gasteiger partial charge in [0.25, 0.3) is 0 Å². The standard InChI is InChI=1S/C23H19NO/c1-16-13-14-20-19(15-16)21(23(25)18-11-7-4-8-12-18)22(24(20)2)17-9-5-3-6-10-17/h3-15H,1-2H3. The fourth-order valence-electron chi connectivity index (χ4n) is 3.46. The zero-order valence-corrected chi connectivity index (χ0v) is 14.4. The summed E-state index contributed by atoms with van der Waals surface area (Å²) in [6.07, 6.45) is 0. The Balaban J connectivity index is 2.07. The van der Waals surface area contributed by atoms with Crippen LogP contribution < -0.4 is 0 Å². The van der Waals surface area contributed by atoms with Gasteiger partial charge in [-0.05, 0) is 24.6 Å². The van der Waals surface area contributed by atoms with Crippen molar-refractivity contribution in [3.05, 3.63) is 95.6 Å². The molecule has 2 heteroatoms. The highest BCUT2D eigenvalue weighted by Gasteiger charge is 2.23. The van der Waals surface area contributed by atoms with Gasteiger partial charge in [-0.15, -0.1) is 0 Å². The number of fused-ring (bicyclic) bond motifs is 1. The Morgan fingerprint density at radius 3 is 2.16 bits per heavy atom. The van der Waals surface area contributed by atoms with E-state index in [4.69, 9.17) is 0 Å². The van der Waals surface area contributed by atoms with Gasteiger partial charge in [-0.1, -0.05) is 72.3 Å². The molecule has 122 valence electrons. The second kappa shape index (κ2) is 6.06. The third-order valence-electron chi connectivity index (χ3n) is 4.67. The van der Waals surface area contributed by atoms with Gasteiger partial charge >= 0.3 is 0 Å². The number of carbonyl (C=O) groups is 1. The number of aromatic nitrogens is 1. The van der Waals surface area contributed by atoms with Gasteiger partial charge in [-0.2, -0.15) is 0 Å². The topological polar surface area (TPSA) is 22.0 Å². The van der Waals surface area contributed by atoms with E-state index in [1.54, 1.807) is 0 Å². The summed E-state index contributed by atoms with van der Waals surface area (Å²) in [5, 5.41) is 1.01. The second-order valence-corrected chi connectivity index (χ2v) is 6.36. The fourth-order valence-corrected chi connectivity index (χ4v) is 3.46. The van der Waals surface area contributed by atoms with E-state index in [1.165, 1.54) is 0 Å². The van der Waals surface area contributed by atoms with Crippen LogP contribution >= 0.6 is 0 Å².